The fourth-order valence-electron chi connectivity index (χ4n) is 2.27. The average molecular weight is 333 g/mol. The van der Waals surface area contributed by atoms with Gasteiger partial charge in [-0.05, 0) is 40.7 Å². The van der Waals surface area contributed by atoms with Gasteiger partial charge in [0.1, 0.15) is 0 Å². The van der Waals surface area contributed by atoms with Crippen molar-refractivity contribution >= 4 is 40.2 Å². The number of hydrogen-bond donors (Lipinski definition) is 0. The van der Waals surface area contributed by atoms with Gasteiger partial charge in [-0.15, -0.1) is 23.5 Å². The van der Waals surface area contributed by atoms with Crippen molar-refractivity contribution in [2.24, 2.45) is 0 Å². The highest BCUT2D eigenvalue weighted by Gasteiger charge is 2.13. The average Bonchev–Trinajstić information content (AvgIpc) is 2.57. The second kappa shape index (κ2) is 7.44. The third-order valence-electron chi connectivity index (χ3n) is 3.40. The lowest BCUT2D eigenvalue weighted by atomic mass is 10.0. The van der Waals surface area contributed by atoms with Crippen molar-refractivity contribution in [1.29, 1.82) is 0 Å². The van der Waals surface area contributed by atoms with Crippen molar-refractivity contribution in [3.8, 4) is 11.1 Å². The Kier molecular flexibility index (Phi) is 5.34. The van der Waals surface area contributed by atoms with Gasteiger partial charge in [0.25, 0.3) is 0 Å². The van der Waals surface area contributed by atoms with E-state index >= 15 is 0 Å². The van der Waals surface area contributed by atoms with E-state index in [1.54, 1.807) is 0 Å². The maximum atomic E-state index is 6.47. The minimum Gasteiger partial charge on any atom is -0.143 e. The first-order valence-electron chi connectivity index (χ1n) is 7.09. The van der Waals surface area contributed by atoms with Crippen LogP contribution in [0.3, 0.4) is 0 Å². The summed E-state index contributed by atoms with van der Waals surface area (Å²) in [4.78, 5) is 0. The van der Waals surface area contributed by atoms with Crippen LogP contribution in [0.2, 0.25) is 0 Å². The Morgan fingerprint density at radius 1 is 0.905 bits per heavy atom. The molecule has 2 aromatic rings. The normalized spacial score (nSPS) is 16.9. The number of thioether (sulfide) groups is 2. The molecule has 3 rings (SSSR count). The van der Waals surface area contributed by atoms with Crippen molar-refractivity contribution in [2.75, 3.05) is 11.5 Å². The molecule has 0 aromatic heterocycles. The second-order valence-electron chi connectivity index (χ2n) is 4.92. The molecule has 0 amide bonds. The van der Waals surface area contributed by atoms with Crippen LogP contribution in [-0.2, 0) is 0 Å². The molecule has 1 aliphatic rings. The molecule has 2 aromatic carbocycles. The van der Waals surface area contributed by atoms with Crippen molar-refractivity contribution in [1.82, 2.24) is 0 Å². The quantitative estimate of drug-likeness (QED) is 0.663. The zero-order valence-electron chi connectivity index (χ0n) is 11.7. The Morgan fingerprint density at radius 2 is 1.52 bits per heavy atom. The van der Waals surface area contributed by atoms with Gasteiger partial charge in [-0.1, -0.05) is 66.2 Å². The molecule has 0 bridgehead atoms. The van der Waals surface area contributed by atoms with Crippen molar-refractivity contribution in [2.45, 2.75) is 11.0 Å². The molecular weight excluding hydrogens is 316 g/mol. The second-order valence-corrected chi connectivity index (χ2v) is 8.13. The summed E-state index contributed by atoms with van der Waals surface area (Å²) >= 11 is 10.4. The lowest BCUT2D eigenvalue weighted by Crippen LogP contribution is -2.03. The van der Waals surface area contributed by atoms with Crippen LogP contribution in [-0.4, -0.2) is 16.1 Å². The van der Waals surface area contributed by atoms with E-state index in [9.17, 15) is 0 Å². The summed E-state index contributed by atoms with van der Waals surface area (Å²) in [7, 11) is 0. The first kappa shape index (κ1) is 15.1. The predicted octanol–water partition coefficient (Wildman–Crippen LogP) is 6.13. The van der Waals surface area contributed by atoms with Gasteiger partial charge in [0.15, 0.2) is 0 Å². The molecule has 108 valence electrons. The Morgan fingerprint density at radius 3 is 2.19 bits per heavy atom. The minimum atomic E-state index is 0.500. The van der Waals surface area contributed by atoms with Crippen molar-refractivity contribution in [3.63, 3.8) is 0 Å². The number of rotatable bonds is 3. The van der Waals surface area contributed by atoms with E-state index < -0.39 is 0 Å². The summed E-state index contributed by atoms with van der Waals surface area (Å²) in [6, 6.07) is 18.9. The first-order valence-corrected chi connectivity index (χ1v) is 9.57. The van der Waals surface area contributed by atoms with Gasteiger partial charge < -0.3 is 0 Å². The van der Waals surface area contributed by atoms with Gasteiger partial charge in [0.2, 0.25) is 0 Å². The Balaban J connectivity index is 1.75. The van der Waals surface area contributed by atoms with Gasteiger partial charge in [-0.2, -0.15) is 0 Å². The third kappa shape index (κ3) is 4.09. The van der Waals surface area contributed by atoms with Crippen molar-refractivity contribution in [3.05, 3.63) is 66.2 Å². The zero-order valence-corrected chi connectivity index (χ0v) is 14.1. The first-order chi connectivity index (χ1) is 10.3. The fourth-order valence-corrected chi connectivity index (χ4v) is 5.37. The molecule has 0 saturated carbocycles. The van der Waals surface area contributed by atoms with Crippen LogP contribution >= 0.6 is 35.1 Å². The lowest BCUT2D eigenvalue weighted by Gasteiger charge is -2.18. The Bertz CT molecular complexity index is 599. The van der Waals surface area contributed by atoms with Crippen LogP contribution in [0.15, 0.2) is 60.7 Å². The van der Waals surface area contributed by atoms with Gasteiger partial charge in [0, 0.05) is 5.03 Å². The van der Waals surface area contributed by atoms with Crippen LogP contribution in [0, 0.1) is 0 Å². The summed E-state index contributed by atoms with van der Waals surface area (Å²) in [6.07, 6.45) is 3.50. The molecular formula is C18H17ClS2. The molecule has 1 fully saturated rings. The highest BCUT2D eigenvalue weighted by atomic mass is 35.5. The van der Waals surface area contributed by atoms with Crippen LogP contribution in [0.5, 0.6) is 0 Å². The molecule has 0 spiro atoms. The van der Waals surface area contributed by atoms with Crippen LogP contribution < -0.4 is 0 Å². The molecule has 21 heavy (non-hydrogen) atoms. The van der Waals surface area contributed by atoms with Gasteiger partial charge >= 0.3 is 0 Å². The molecule has 1 aliphatic heterocycles. The topological polar surface area (TPSA) is 0 Å². The minimum absolute atomic E-state index is 0.500. The standard InChI is InChI=1S/C18H17ClS2/c19-17(13-18-20-11-4-12-21-18)16-9-7-15(8-10-16)14-5-2-1-3-6-14/h1-3,5-10,13,18H,4,11-12H2. The number of hydrogen-bond acceptors (Lipinski definition) is 2. The van der Waals surface area contributed by atoms with Crippen LogP contribution in [0.4, 0.5) is 0 Å². The lowest BCUT2D eigenvalue weighted by molar-refractivity contribution is 1.11. The monoisotopic (exact) mass is 332 g/mol. The van der Waals surface area contributed by atoms with E-state index in [1.165, 1.54) is 29.1 Å². The third-order valence-corrected chi connectivity index (χ3v) is 6.54. The SMILES string of the molecule is ClC(=CC1SCCCS1)c1ccc(-c2ccccc2)cc1. The Labute approximate surface area is 140 Å². The summed E-state index contributed by atoms with van der Waals surface area (Å²) in [5.74, 6) is 2.48. The van der Waals surface area contributed by atoms with E-state index in [0.29, 0.717) is 4.58 Å². The van der Waals surface area contributed by atoms with E-state index in [2.05, 4.69) is 54.6 Å². The van der Waals surface area contributed by atoms with Gasteiger partial charge in [0.05, 0.1) is 4.58 Å². The highest BCUT2D eigenvalue weighted by Crippen LogP contribution is 2.34. The zero-order chi connectivity index (χ0) is 14.5. The highest BCUT2D eigenvalue weighted by molar-refractivity contribution is 8.17. The molecule has 1 heterocycles. The van der Waals surface area contributed by atoms with Crippen LogP contribution in [0.1, 0.15) is 12.0 Å². The largest absolute Gasteiger partial charge is 0.143 e. The summed E-state index contributed by atoms with van der Waals surface area (Å²) in [5, 5.41) is 0.863. The summed E-state index contributed by atoms with van der Waals surface area (Å²) < 4.78 is 0.500. The molecule has 0 nitrogen and oxygen atoms in total. The molecule has 3 heteroatoms. The van der Waals surface area contributed by atoms with Crippen LogP contribution in [0.25, 0.3) is 16.2 Å². The smallest absolute Gasteiger partial charge is 0.0699 e. The summed E-state index contributed by atoms with van der Waals surface area (Å²) in [6.45, 7) is 0. The predicted molar refractivity (Wildman–Crippen MR) is 99.0 cm³/mol. The number of benzene rings is 2. The maximum Gasteiger partial charge on any atom is 0.0699 e. The molecule has 0 N–H and O–H groups in total. The molecule has 1 saturated heterocycles. The van der Waals surface area contributed by atoms with E-state index in [-0.39, 0.29) is 0 Å². The fraction of sp³-hybridized carbons (Fsp3) is 0.222. The van der Waals surface area contributed by atoms with Crippen molar-refractivity contribution < 1.29 is 0 Å². The molecule has 0 radical (unpaired) electrons. The molecule has 0 atom stereocenters. The Hall–Kier alpha value is -0.830. The summed E-state index contributed by atoms with van der Waals surface area (Å²) in [5.41, 5.74) is 3.57. The molecule has 0 aliphatic carbocycles. The number of halogens is 1. The van der Waals surface area contributed by atoms with Gasteiger partial charge in [-0.3, -0.25) is 0 Å². The van der Waals surface area contributed by atoms with E-state index in [0.717, 1.165) is 10.6 Å². The van der Waals surface area contributed by atoms with E-state index in [1.807, 2.05) is 29.6 Å². The van der Waals surface area contributed by atoms with Gasteiger partial charge in [-0.25, -0.2) is 0 Å². The molecule has 0 unspecified atom stereocenters. The maximum absolute atomic E-state index is 6.47. The van der Waals surface area contributed by atoms with E-state index in [4.69, 9.17) is 11.6 Å².